The highest BCUT2D eigenvalue weighted by atomic mass is 16.5. The van der Waals surface area contributed by atoms with Crippen molar-refractivity contribution in [3.8, 4) is 0 Å². The van der Waals surface area contributed by atoms with Crippen molar-refractivity contribution >= 4 is 17.0 Å². The van der Waals surface area contributed by atoms with Crippen molar-refractivity contribution in [2.45, 2.75) is 20.4 Å². The number of hydrogen-bond acceptors (Lipinski definition) is 6. The average Bonchev–Trinajstić information content (AvgIpc) is 3.15. The molecule has 1 aliphatic rings. The Kier molecular flexibility index (Phi) is 4.12. The van der Waals surface area contributed by atoms with Crippen molar-refractivity contribution in [3.05, 3.63) is 51.3 Å². The predicted molar refractivity (Wildman–Crippen MR) is 94.3 cm³/mol. The normalized spacial score (nSPS) is 14.9. The number of carbonyl (C=O) groups excluding carboxylic acids is 1. The minimum atomic E-state index is -0.466. The van der Waals surface area contributed by atoms with Crippen molar-refractivity contribution in [2.75, 3.05) is 26.2 Å². The van der Waals surface area contributed by atoms with Crippen molar-refractivity contribution < 1.29 is 13.7 Å². The van der Waals surface area contributed by atoms with Crippen LogP contribution in [0.5, 0.6) is 0 Å². The lowest BCUT2D eigenvalue weighted by Gasteiger charge is -2.27. The quantitative estimate of drug-likeness (QED) is 0.760. The number of aromatic nitrogens is 2. The third-order valence-corrected chi connectivity index (χ3v) is 4.82. The van der Waals surface area contributed by atoms with Crippen LogP contribution in [0.3, 0.4) is 0 Å². The summed E-state index contributed by atoms with van der Waals surface area (Å²) in [5, 5.41) is 7.15. The standard InChI is InChI=1S/C18H20N4O4/c1-11-14(12(2)26-20-11)10-22-15-9-13(3-4-16(15)25-18(22)24)17(23)21-7-5-19-6-8-21/h3-4,9,19H,5-8,10H2,1-2H3. The third-order valence-electron chi connectivity index (χ3n) is 4.82. The summed E-state index contributed by atoms with van der Waals surface area (Å²) in [6.07, 6.45) is 0. The zero-order valence-electron chi connectivity index (χ0n) is 14.7. The molecule has 8 nitrogen and oxygen atoms in total. The molecule has 0 spiro atoms. The Balaban J connectivity index is 1.73. The van der Waals surface area contributed by atoms with Crippen LogP contribution in [0.25, 0.3) is 11.1 Å². The van der Waals surface area contributed by atoms with Crippen molar-refractivity contribution in [1.29, 1.82) is 0 Å². The molecule has 0 bridgehead atoms. The fourth-order valence-corrected chi connectivity index (χ4v) is 3.28. The molecular weight excluding hydrogens is 336 g/mol. The van der Waals surface area contributed by atoms with E-state index in [1.54, 1.807) is 18.2 Å². The molecule has 0 radical (unpaired) electrons. The zero-order chi connectivity index (χ0) is 18.3. The van der Waals surface area contributed by atoms with E-state index in [9.17, 15) is 9.59 Å². The van der Waals surface area contributed by atoms with Crippen LogP contribution in [0, 0.1) is 13.8 Å². The molecule has 1 N–H and O–H groups in total. The molecule has 0 unspecified atom stereocenters. The second-order valence-electron chi connectivity index (χ2n) is 6.48. The van der Waals surface area contributed by atoms with Gasteiger partial charge in [0.05, 0.1) is 17.8 Å². The van der Waals surface area contributed by atoms with Crippen LogP contribution in [-0.2, 0) is 6.54 Å². The summed E-state index contributed by atoms with van der Waals surface area (Å²) in [4.78, 5) is 26.9. The highest BCUT2D eigenvalue weighted by Crippen LogP contribution is 2.20. The van der Waals surface area contributed by atoms with Crippen molar-refractivity contribution in [2.24, 2.45) is 0 Å². The summed E-state index contributed by atoms with van der Waals surface area (Å²) >= 11 is 0. The van der Waals surface area contributed by atoms with Crippen LogP contribution in [0.15, 0.2) is 31.9 Å². The summed E-state index contributed by atoms with van der Waals surface area (Å²) in [5.74, 6) is 0.162. The van der Waals surface area contributed by atoms with Gasteiger partial charge in [0.2, 0.25) is 0 Å². The molecule has 26 heavy (non-hydrogen) atoms. The summed E-state index contributed by atoms with van der Waals surface area (Å²) in [7, 11) is 0. The van der Waals surface area contributed by atoms with Crippen LogP contribution in [-0.4, -0.2) is 46.7 Å². The van der Waals surface area contributed by atoms with Gasteiger partial charge in [-0.3, -0.25) is 9.36 Å². The summed E-state index contributed by atoms with van der Waals surface area (Å²) < 4.78 is 12.0. The Labute approximate surface area is 149 Å². The van der Waals surface area contributed by atoms with Gasteiger partial charge in [0, 0.05) is 37.3 Å². The number of carbonyl (C=O) groups is 1. The molecule has 1 aromatic carbocycles. The van der Waals surface area contributed by atoms with Gasteiger partial charge in [-0.1, -0.05) is 5.16 Å². The molecule has 1 fully saturated rings. The number of nitrogens with zero attached hydrogens (tertiary/aromatic N) is 3. The monoisotopic (exact) mass is 356 g/mol. The minimum Gasteiger partial charge on any atom is -0.408 e. The molecule has 0 aliphatic carbocycles. The molecule has 0 saturated carbocycles. The molecular formula is C18H20N4O4. The highest BCUT2D eigenvalue weighted by Gasteiger charge is 2.20. The van der Waals surface area contributed by atoms with E-state index < -0.39 is 5.76 Å². The van der Waals surface area contributed by atoms with Gasteiger partial charge in [0.15, 0.2) is 5.58 Å². The van der Waals surface area contributed by atoms with Gasteiger partial charge in [-0.05, 0) is 32.0 Å². The average molecular weight is 356 g/mol. The van der Waals surface area contributed by atoms with E-state index >= 15 is 0 Å². The number of amides is 1. The van der Waals surface area contributed by atoms with Crippen LogP contribution in [0.4, 0.5) is 0 Å². The molecule has 3 aromatic rings. The maximum Gasteiger partial charge on any atom is 0.420 e. The topological polar surface area (TPSA) is 93.5 Å². The number of rotatable bonds is 3. The number of oxazole rings is 1. The number of aryl methyl sites for hydroxylation is 2. The molecule has 1 amide bonds. The highest BCUT2D eigenvalue weighted by molar-refractivity contribution is 5.97. The maximum absolute atomic E-state index is 12.7. The van der Waals surface area contributed by atoms with Gasteiger partial charge in [0.25, 0.3) is 5.91 Å². The zero-order valence-corrected chi connectivity index (χ0v) is 14.7. The molecule has 4 rings (SSSR count). The van der Waals surface area contributed by atoms with E-state index in [1.807, 2.05) is 18.7 Å². The first-order chi connectivity index (χ1) is 12.5. The molecule has 1 saturated heterocycles. The van der Waals surface area contributed by atoms with E-state index in [0.29, 0.717) is 35.5 Å². The van der Waals surface area contributed by atoms with Gasteiger partial charge in [-0.25, -0.2) is 4.79 Å². The summed E-state index contributed by atoms with van der Waals surface area (Å²) in [6, 6.07) is 5.11. The lowest BCUT2D eigenvalue weighted by molar-refractivity contribution is 0.0736. The lowest BCUT2D eigenvalue weighted by atomic mass is 10.1. The Bertz CT molecular complexity index is 1000. The Morgan fingerprint density at radius 1 is 1.27 bits per heavy atom. The van der Waals surface area contributed by atoms with E-state index in [1.165, 1.54) is 4.57 Å². The predicted octanol–water partition coefficient (Wildman–Crippen LogP) is 1.29. The number of benzene rings is 1. The number of hydrogen-bond donors (Lipinski definition) is 1. The lowest BCUT2D eigenvalue weighted by Crippen LogP contribution is -2.46. The van der Waals surface area contributed by atoms with Gasteiger partial charge >= 0.3 is 5.76 Å². The van der Waals surface area contributed by atoms with Gasteiger partial charge in [-0.15, -0.1) is 0 Å². The fourth-order valence-electron chi connectivity index (χ4n) is 3.28. The van der Waals surface area contributed by atoms with Crippen LogP contribution >= 0.6 is 0 Å². The van der Waals surface area contributed by atoms with E-state index in [4.69, 9.17) is 8.94 Å². The fraction of sp³-hybridized carbons (Fsp3) is 0.389. The second-order valence-corrected chi connectivity index (χ2v) is 6.48. The first kappa shape index (κ1) is 16.6. The molecule has 0 atom stereocenters. The summed E-state index contributed by atoms with van der Waals surface area (Å²) in [6.45, 7) is 6.86. The first-order valence-electron chi connectivity index (χ1n) is 8.59. The molecule has 136 valence electrons. The summed E-state index contributed by atoms with van der Waals surface area (Å²) in [5.41, 5.74) is 3.17. The van der Waals surface area contributed by atoms with Crippen LogP contribution in [0.2, 0.25) is 0 Å². The van der Waals surface area contributed by atoms with Gasteiger partial charge < -0.3 is 19.2 Å². The molecule has 1 aliphatic heterocycles. The smallest absolute Gasteiger partial charge is 0.408 e. The van der Waals surface area contributed by atoms with E-state index in [-0.39, 0.29) is 12.5 Å². The van der Waals surface area contributed by atoms with Gasteiger partial charge in [-0.2, -0.15) is 0 Å². The van der Waals surface area contributed by atoms with Crippen LogP contribution in [0.1, 0.15) is 27.4 Å². The largest absolute Gasteiger partial charge is 0.420 e. The van der Waals surface area contributed by atoms with Gasteiger partial charge in [0.1, 0.15) is 5.76 Å². The number of fused-ring (bicyclic) bond motifs is 1. The van der Waals surface area contributed by atoms with E-state index in [2.05, 4.69) is 10.5 Å². The Hall–Kier alpha value is -2.87. The number of nitrogens with one attached hydrogen (secondary N) is 1. The van der Waals surface area contributed by atoms with Crippen molar-refractivity contribution in [1.82, 2.24) is 19.9 Å². The second kappa shape index (κ2) is 6.45. The molecule has 2 aromatic heterocycles. The minimum absolute atomic E-state index is 0.0362. The maximum atomic E-state index is 12.7. The molecule has 3 heterocycles. The van der Waals surface area contributed by atoms with Crippen molar-refractivity contribution in [3.63, 3.8) is 0 Å². The Morgan fingerprint density at radius 2 is 2.04 bits per heavy atom. The molecule has 8 heteroatoms. The van der Waals surface area contributed by atoms with Crippen LogP contribution < -0.4 is 11.1 Å². The SMILES string of the molecule is Cc1noc(C)c1Cn1c(=O)oc2ccc(C(=O)N3CCNCC3)cc21. The van der Waals surface area contributed by atoms with E-state index in [0.717, 1.165) is 24.3 Å². The first-order valence-corrected chi connectivity index (χ1v) is 8.59. The Morgan fingerprint density at radius 3 is 2.73 bits per heavy atom. The number of piperazine rings is 1. The third kappa shape index (κ3) is 2.82.